The number of nitrogens with zero attached hydrogens (tertiary/aromatic N) is 1. The molecule has 1 fully saturated rings. The minimum absolute atomic E-state index is 0.103. The summed E-state index contributed by atoms with van der Waals surface area (Å²) in [5.41, 5.74) is 0.545. The molecule has 0 saturated heterocycles. The highest BCUT2D eigenvalue weighted by atomic mass is 16.5. The predicted octanol–water partition coefficient (Wildman–Crippen LogP) is 1.52. The van der Waals surface area contributed by atoms with Crippen LogP contribution in [0.5, 0.6) is 0 Å². The molecule has 1 aromatic carbocycles. The first-order valence-corrected chi connectivity index (χ1v) is 8.87. The Bertz CT molecular complexity index is 710. The fourth-order valence-electron chi connectivity index (χ4n) is 3.48. The van der Waals surface area contributed by atoms with Crippen molar-refractivity contribution in [2.24, 2.45) is 5.92 Å². The molecule has 3 amide bonds. The molecule has 2 atom stereocenters. The van der Waals surface area contributed by atoms with Crippen molar-refractivity contribution in [2.75, 3.05) is 13.2 Å². The third kappa shape index (κ3) is 3.76. The van der Waals surface area contributed by atoms with Crippen LogP contribution in [0.3, 0.4) is 0 Å². The molecule has 1 aromatic rings. The molecule has 7 nitrogen and oxygen atoms in total. The number of benzene rings is 1. The third-order valence-corrected chi connectivity index (χ3v) is 4.99. The van der Waals surface area contributed by atoms with Crippen molar-refractivity contribution in [3.05, 3.63) is 35.4 Å². The minimum atomic E-state index is -0.786. The molecule has 1 N–H and O–H groups in total. The van der Waals surface area contributed by atoms with E-state index >= 15 is 0 Å². The van der Waals surface area contributed by atoms with Crippen LogP contribution in [0.2, 0.25) is 0 Å². The van der Waals surface area contributed by atoms with Crippen molar-refractivity contribution in [2.45, 2.75) is 38.6 Å². The second-order valence-electron chi connectivity index (χ2n) is 6.84. The summed E-state index contributed by atoms with van der Waals surface area (Å²) in [5.74, 6) is -1.79. The average Bonchev–Trinajstić information content (AvgIpc) is 2.87. The summed E-state index contributed by atoms with van der Waals surface area (Å²) < 4.78 is 4.94. The highest BCUT2D eigenvalue weighted by molar-refractivity contribution is 6.22. The lowest BCUT2D eigenvalue weighted by atomic mass is 9.86. The topological polar surface area (TPSA) is 92.8 Å². The Morgan fingerprint density at radius 3 is 2.35 bits per heavy atom. The van der Waals surface area contributed by atoms with Crippen LogP contribution in [-0.4, -0.2) is 47.8 Å². The van der Waals surface area contributed by atoms with Gasteiger partial charge >= 0.3 is 5.97 Å². The van der Waals surface area contributed by atoms with E-state index in [4.69, 9.17) is 4.74 Å². The average molecular weight is 358 g/mol. The Balaban J connectivity index is 1.48. The fourth-order valence-corrected chi connectivity index (χ4v) is 3.48. The standard InChI is InChI=1S/C19H22N2O5/c1-12-6-2-5-9-15(12)20-16(22)11-26-17(23)10-21-18(24)13-7-3-4-8-14(13)19(21)25/h3-4,7-8,12,15H,2,5-6,9-11H2,1H3,(H,20,22)/t12-,15+/m1/s1. The van der Waals surface area contributed by atoms with Crippen LogP contribution in [0.25, 0.3) is 0 Å². The summed E-state index contributed by atoms with van der Waals surface area (Å²) in [6.45, 7) is 1.18. The van der Waals surface area contributed by atoms with Gasteiger partial charge < -0.3 is 10.1 Å². The van der Waals surface area contributed by atoms with Crippen molar-refractivity contribution in [1.29, 1.82) is 0 Å². The number of amides is 3. The van der Waals surface area contributed by atoms with Crippen molar-refractivity contribution >= 4 is 23.7 Å². The van der Waals surface area contributed by atoms with E-state index in [0.717, 1.165) is 24.2 Å². The number of imide groups is 1. The highest BCUT2D eigenvalue weighted by Crippen LogP contribution is 2.24. The van der Waals surface area contributed by atoms with Crippen LogP contribution in [0, 0.1) is 5.92 Å². The second-order valence-corrected chi connectivity index (χ2v) is 6.84. The summed E-state index contributed by atoms with van der Waals surface area (Å²) in [7, 11) is 0. The number of ether oxygens (including phenoxy) is 1. The number of fused-ring (bicyclic) bond motifs is 1. The molecule has 26 heavy (non-hydrogen) atoms. The molecular formula is C19H22N2O5. The molecule has 1 saturated carbocycles. The third-order valence-electron chi connectivity index (χ3n) is 4.99. The van der Waals surface area contributed by atoms with E-state index in [2.05, 4.69) is 12.2 Å². The molecule has 3 rings (SSSR count). The van der Waals surface area contributed by atoms with Crippen molar-refractivity contribution in [1.82, 2.24) is 10.2 Å². The van der Waals surface area contributed by atoms with Crippen molar-refractivity contribution < 1.29 is 23.9 Å². The molecule has 0 spiro atoms. The van der Waals surface area contributed by atoms with Gasteiger partial charge in [0.25, 0.3) is 17.7 Å². The van der Waals surface area contributed by atoms with Crippen LogP contribution in [-0.2, 0) is 14.3 Å². The molecule has 2 aliphatic rings. The molecule has 1 aliphatic heterocycles. The largest absolute Gasteiger partial charge is 0.454 e. The maximum absolute atomic E-state index is 12.2. The van der Waals surface area contributed by atoms with E-state index in [1.165, 1.54) is 6.42 Å². The van der Waals surface area contributed by atoms with Crippen molar-refractivity contribution in [3.63, 3.8) is 0 Å². The molecule has 0 unspecified atom stereocenters. The fraction of sp³-hybridized carbons (Fsp3) is 0.474. The number of rotatable bonds is 5. The summed E-state index contributed by atoms with van der Waals surface area (Å²) in [6, 6.07) is 6.50. The number of nitrogens with one attached hydrogen (secondary N) is 1. The van der Waals surface area contributed by atoms with Gasteiger partial charge in [-0.25, -0.2) is 0 Å². The van der Waals surface area contributed by atoms with Gasteiger partial charge in [-0.2, -0.15) is 0 Å². The molecule has 7 heteroatoms. The first-order chi connectivity index (χ1) is 12.5. The zero-order valence-electron chi connectivity index (χ0n) is 14.7. The lowest BCUT2D eigenvalue weighted by Gasteiger charge is -2.29. The summed E-state index contributed by atoms with van der Waals surface area (Å²) in [5, 5.41) is 2.89. The molecule has 0 radical (unpaired) electrons. The Morgan fingerprint density at radius 1 is 1.12 bits per heavy atom. The van der Waals surface area contributed by atoms with Crippen LogP contribution in [0.15, 0.2) is 24.3 Å². The number of hydrogen-bond acceptors (Lipinski definition) is 5. The Hall–Kier alpha value is -2.70. The Morgan fingerprint density at radius 2 is 1.73 bits per heavy atom. The van der Waals surface area contributed by atoms with E-state index in [1.54, 1.807) is 24.3 Å². The number of carbonyl (C=O) groups excluding carboxylic acids is 4. The van der Waals surface area contributed by atoms with Gasteiger partial charge in [-0.05, 0) is 30.9 Å². The van der Waals surface area contributed by atoms with Gasteiger partial charge in [0.15, 0.2) is 6.61 Å². The predicted molar refractivity (Wildman–Crippen MR) is 92.3 cm³/mol. The highest BCUT2D eigenvalue weighted by Gasteiger charge is 2.36. The van der Waals surface area contributed by atoms with E-state index < -0.39 is 30.9 Å². The molecule has 0 bridgehead atoms. The van der Waals surface area contributed by atoms with Crippen molar-refractivity contribution in [3.8, 4) is 0 Å². The van der Waals surface area contributed by atoms with Gasteiger partial charge in [0.1, 0.15) is 6.54 Å². The second kappa shape index (κ2) is 7.68. The monoisotopic (exact) mass is 358 g/mol. The first-order valence-electron chi connectivity index (χ1n) is 8.87. The summed E-state index contributed by atoms with van der Waals surface area (Å²) >= 11 is 0. The normalized spacial score (nSPS) is 22.1. The first kappa shape index (κ1) is 18.1. The lowest BCUT2D eigenvalue weighted by Crippen LogP contribution is -2.43. The maximum atomic E-state index is 12.2. The minimum Gasteiger partial charge on any atom is -0.454 e. The quantitative estimate of drug-likeness (QED) is 0.636. The van der Waals surface area contributed by atoms with Gasteiger partial charge in [0.05, 0.1) is 11.1 Å². The smallest absolute Gasteiger partial charge is 0.326 e. The molecule has 1 heterocycles. The SMILES string of the molecule is C[C@@H]1CCCC[C@@H]1NC(=O)COC(=O)CN1C(=O)c2ccccc2C1=O. The van der Waals surface area contributed by atoms with E-state index in [1.807, 2.05) is 0 Å². The lowest BCUT2D eigenvalue weighted by molar-refractivity contribution is -0.149. The number of hydrogen-bond donors (Lipinski definition) is 1. The van der Waals surface area contributed by atoms with Gasteiger partial charge in [-0.15, -0.1) is 0 Å². The van der Waals surface area contributed by atoms with Crippen LogP contribution >= 0.6 is 0 Å². The van der Waals surface area contributed by atoms with E-state index in [9.17, 15) is 19.2 Å². The summed E-state index contributed by atoms with van der Waals surface area (Å²) in [4.78, 5) is 49.2. The zero-order chi connectivity index (χ0) is 18.7. The van der Waals surface area contributed by atoms with Gasteiger partial charge in [0, 0.05) is 6.04 Å². The molecule has 0 aromatic heterocycles. The Kier molecular flexibility index (Phi) is 5.35. The van der Waals surface area contributed by atoms with E-state index in [-0.39, 0.29) is 23.1 Å². The maximum Gasteiger partial charge on any atom is 0.326 e. The van der Waals surface area contributed by atoms with Gasteiger partial charge in [-0.3, -0.25) is 24.1 Å². The molecular weight excluding hydrogens is 336 g/mol. The van der Waals surface area contributed by atoms with Gasteiger partial charge in [-0.1, -0.05) is 31.9 Å². The van der Waals surface area contributed by atoms with Gasteiger partial charge in [0.2, 0.25) is 0 Å². The number of esters is 1. The van der Waals surface area contributed by atoms with Crippen LogP contribution < -0.4 is 5.32 Å². The summed E-state index contributed by atoms with van der Waals surface area (Å²) in [6.07, 6.45) is 4.25. The number of carbonyl (C=O) groups is 4. The Labute approximate surface area is 151 Å². The van der Waals surface area contributed by atoms with Crippen LogP contribution in [0.1, 0.15) is 53.3 Å². The molecule has 138 valence electrons. The van der Waals surface area contributed by atoms with E-state index in [0.29, 0.717) is 5.92 Å². The molecule has 1 aliphatic carbocycles. The zero-order valence-corrected chi connectivity index (χ0v) is 14.7. The van der Waals surface area contributed by atoms with Crippen LogP contribution in [0.4, 0.5) is 0 Å².